The monoisotopic (exact) mass is 586 g/mol. The number of nitrogens with one attached hydrogen (secondary N) is 2. The molecule has 0 saturated carbocycles. The molecule has 214 valence electrons. The lowest BCUT2D eigenvalue weighted by Crippen LogP contribution is -2.41. The summed E-state index contributed by atoms with van der Waals surface area (Å²) < 4.78 is 24.4. The lowest BCUT2D eigenvalue weighted by molar-refractivity contribution is -0.126. The van der Waals surface area contributed by atoms with Crippen LogP contribution in [0.4, 0.5) is 20.6 Å². The zero-order valence-corrected chi connectivity index (χ0v) is 23.3. The van der Waals surface area contributed by atoms with Crippen molar-refractivity contribution < 1.29 is 27.9 Å². The Morgan fingerprint density at radius 2 is 1.83 bits per heavy atom. The number of thioether (sulfide) groups is 1. The van der Waals surface area contributed by atoms with E-state index in [1.54, 1.807) is 55.5 Å². The Kier molecular flexibility index (Phi) is 8.98. The third-order valence-corrected chi connectivity index (χ3v) is 7.52. The van der Waals surface area contributed by atoms with Gasteiger partial charge in [0.2, 0.25) is 11.8 Å². The molecule has 0 bridgehead atoms. The van der Waals surface area contributed by atoms with E-state index in [-0.39, 0.29) is 19.1 Å². The lowest BCUT2D eigenvalue weighted by atomic mass is 10.1. The molecular weight excluding hydrogens is 559 g/mol. The molecule has 0 radical (unpaired) electrons. The van der Waals surface area contributed by atoms with Crippen LogP contribution in [0.25, 0.3) is 0 Å². The third-order valence-electron chi connectivity index (χ3n) is 6.29. The Labute approximate surface area is 245 Å². The van der Waals surface area contributed by atoms with Gasteiger partial charge in [0.05, 0.1) is 18.5 Å². The minimum atomic E-state index is -0.850. The molecule has 3 amide bonds. The summed E-state index contributed by atoms with van der Waals surface area (Å²) in [4.78, 5) is 44.3. The summed E-state index contributed by atoms with van der Waals surface area (Å²) in [7, 11) is 0. The van der Waals surface area contributed by atoms with Crippen LogP contribution in [-0.4, -0.2) is 34.0 Å². The predicted octanol–water partition coefficient (Wildman–Crippen LogP) is 6.18. The number of hydrogen-bond donors (Lipinski definition) is 2. The summed E-state index contributed by atoms with van der Waals surface area (Å²) in [6, 6.07) is 24.6. The first-order chi connectivity index (χ1) is 20.4. The van der Waals surface area contributed by atoms with E-state index < -0.39 is 29.1 Å². The minimum Gasteiger partial charge on any atom is -0.467 e. The van der Waals surface area contributed by atoms with Gasteiger partial charge in [-0.3, -0.25) is 14.5 Å². The van der Waals surface area contributed by atoms with Gasteiger partial charge in [0.15, 0.2) is 5.17 Å². The van der Waals surface area contributed by atoms with Gasteiger partial charge in [0.1, 0.15) is 29.5 Å². The van der Waals surface area contributed by atoms with E-state index in [0.29, 0.717) is 27.9 Å². The Morgan fingerprint density at radius 1 is 1.05 bits per heavy atom. The average molecular weight is 587 g/mol. The molecule has 5 rings (SSSR count). The topological polar surface area (TPSA) is 113 Å². The molecule has 2 N–H and O–H groups in total. The first-order valence-corrected chi connectivity index (χ1v) is 14.0. The fourth-order valence-electron chi connectivity index (χ4n) is 4.11. The highest BCUT2D eigenvalue weighted by Crippen LogP contribution is 2.41. The van der Waals surface area contributed by atoms with Gasteiger partial charge < -0.3 is 19.8 Å². The maximum absolute atomic E-state index is 13.8. The summed E-state index contributed by atoms with van der Waals surface area (Å²) >= 11 is 1.25. The smallest absolute Gasteiger partial charge is 0.408 e. The fraction of sp³-hybridized carbons (Fsp3) is 0.161. The number of alkyl carbamates (subject to hydrolysis) is 1. The van der Waals surface area contributed by atoms with Crippen molar-refractivity contribution in [2.24, 2.45) is 4.99 Å². The number of halogens is 1. The van der Waals surface area contributed by atoms with E-state index in [0.717, 1.165) is 5.56 Å². The second-order valence-electron chi connectivity index (χ2n) is 9.41. The number of hydrogen-bond acceptors (Lipinski definition) is 7. The molecule has 0 spiro atoms. The highest BCUT2D eigenvalue weighted by Gasteiger charge is 2.39. The summed E-state index contributed by atoms with van der Waals surface area (Å²) in [5.74, 6) is -0.470. The van der Waals surface area contributed by atoms with Crippen molar-refractivity contribution in [3.8, 4) is 0 Å². The van der Waals surface area contributed by atoms with Gasteiger partial charge in [-0.05, 0) is 60.5 Å². The first kappa shape index (κ1) is 28.6. The van der Waals surface area contributed by atoms with Crippen LogP contribution in [0.2, 0.25) is 0 Å². The van der Waals surface area contributed by atoms with Crippen LogP contribution in [0, 0.1) is 5.82 Å². The molecule has 9 nitrogen and oxygen atoms in total. The van der Waals surface area contributed by atoms with Gasteiger partial charge >= 0.3 is 6.09 Å². The quantitative estimate of drug-likeness (QED) is 0.242. The second-order valence-corrected chi connectivity index (χ2v) is 10.5. The average Bonchev–Trinajstić information content (AvgIpc) is 3.61. The van der Waals surface area contributed by atoms with Gasteiger partial charge in [-0.2, -0.15) is 0 Å². The molecule has 1 aliphatic heterocycles. The summed E-state index contributed by atoms with van der Waals surface area (Å²) in [5, 5.41) is 5.08. The normalized spacial score (nSPS) is 16.3. The lowest BCUT2D eigenvalue weighted by Gasteiger charge is -2.16. The summed E-state index contributed by atoms with van der Waals surface area (Å²) in [6.45, 7) is 1.82. The summed E-state index contributed by atoms with van der Waals surface area (Å²) in [5.41, 5.74) is 2.42. The second kappa shape index (κ2) is 13.2. The van der Waals surface area contributed by atoms with Crippen LogP contribution in [0.3, 0.4) is 0 Å². The van der Waals surface area contributed by atoms with Crippen molar-refractivity contribution >= 4 is 46.2 Å². The van der Waals surface area contributed by atoms with Crippen LogP contribution in [0.5, 0.6) is 0 Å². The van der Waals surface area contributed by atoms with Gasteiger partial charge in [-0.1, -0.05) is 60.3 Å². The molecule has 1 fully saturated rings. The molecule has 3 aromatic carbocycles. The van der Waals surface area contributed by atoms with E-state index in [1.165, 1.54) is 35.1 Å². The van der Waals surface area contributed by atoms with Crippen LogP contribution in [-0.2, 0) is 27.5 Å². The van der Waals surface area contributed by atoms with Crippen molar-refractivity contribution in [2.75, 3.05) is 5.32 Å². The van der Waals surface area contributed by atoms with Crippen LogP contribution >= 0.6 is 11.8 Å². The summed E-state index contributed by atoms with van der Waals surface area (Å²) in [6.07, 6.45) is 0.824. The molecule has 2 atom stereocenters. The van der Waals surface area contributed by atoms with E-state index in [4.69, 9.17) is 9.15 Å². The van der Waals surface area contributed by atoms with Crippen LogP contribution < -0.4 is 10.6 Å². The Hall–Kier alpha value is -4.90. The molecule has 42 heavy (non-hydrogen) atoms. The number of amidine groups is 1. The number of benzene rings is 3. The number of aliphatic imine (C=N–C) groups is 1. The van der Waals surface area contributed by atoms with Crippen molar-refractivity contribution in [3.05, 3.63) is 120 Å². The zero-order chi connectivity index (χ0) is 29.5. The van der Waals surface area contributed by atoms with E-state index >= 15 is 0 Å². The number of furan rings is 1. The largest absolute Gasteiger partial charge is 0.467 e. The molecule has 1 aromatic heterocycles. The predicted molar refractivity (Wildman–Crippen MR) is 157 cm³/mol. The number of nitrogens with zero attached hydrogens (tertiary/aromatic N) is 2. The number of ether oxygens (including phenoxy) is 1. The molecule has 1 saturated heterocycles. The number of anilines is 1. The molecule has 4 aromatic rings. The number of rotatable bonds is 9. The highest BCUT2D eigenvalue weighted by molar-refractivity contribution is 8.15. The molecular formula is C31H27FN4O5S. The van der Waals surface area contributed by atoms with Crippen LogP contribution in [0.15, 0.2) is 107 Å². The SMILES string of the molecule is C[C@H](NC(=O)OCc1ccccc1)C(=O)Nc1ccc(C2SC(=Nc3cccc(F)c3)N(Cc3ccco3)C2=O)cc1. The van der Waals surface area contributed by atoms with Gasteiger partial charge in [-0.25, -0.2) is 14.2 Å². The molecule has 1 unspecified atom stereocenters. The van der Waals surface area contributed by atoms with Crippen LogP contribution in [0.1, 0.15) is 29.1 Å². The van der Waals surface area contributed by atoms with Crippen molar-refractivity contribution in [1.29, 1.82) is 0 Å². The molecule has 11 heteroatoms. The first-order valence-electron chi connectivity index (χ1n) is 13.1. The maximum atomic E-state index is 13.8. The fourth-order valence-corrected chi connectivity index (χ4v) is 5.28. The third kappa shape index (κ3) is 7.24. The van der Waals surface area contributed by atoms with E-state index in [1.807, 2.05) is 30.3 Å². The van der Waals surface area contributed by atoms with Crippen molar-refractivity contribution in [3.63, 3.8) is 0 Å². The number of amides is 3. The molecule has 2 heterocycles. The molecule has 0 aliphatic carbocycles. The van der Waals surface area contributed by atoms with Gasteiger partial charge in [0.25, 0.3) is 0 Å². The van der Waals surface area contributed by atoms with Gasteiger partial charge in [-0.15, -0.1) is 0 Å². The van der Waals surface area contributed by atoms with Crippen molar-refractivity contribution in [1.82, 2.24) is 10.2 Å². The standard InChI is InChI=1S/C31H27FN4O5S/c1-20(33-31(39)41-19-21-7-3-2-4-8-21)28(37)34-24-14-12-22(13-15-24)27-29(38)36(18-26-11-6-16-40-26)30(42-27)35-25-10-5-9-23(32)17-25/h2-17,20,27H,18-19H2,1H3,(H,33,39)(H,34,37)/t20-,27?/m0/s1. The number of carbonyl (C=O) groups excluding carboxylic acids is 3. The Bertz CT molecular complexity index is 1580. The number of carbonyl (C=O) groups is 3. The Morgan fingerprint density at radius 3 is 2.55 bits per heavy atom. The van der Waals surface area contributed by atoms with Gasteiger partial charge in [0, 0.05) is 5.69 Å². The maximum Gasteiger partial charge on any atom is 0.408 e. The molecule has 1 aliphatic rings. The van der Waals surface area contributed by atoms with Crippen molar-refractivity contribution in [2.45, 2.75) is 31.4 Å². The van der Waals surface area contributed by atoms with E-state index in [9.17, 15) is 18.8 Å². The minimum absolute atomic E-state index is 0.0912. The highest BCUT2D eigenvalue weighted by atomic mass is 32.2. The van der Waals surface area contributed by atoms with E-state index in [2.05, 4.69) is 15.6 Å². The zero-order valence-electron chi connectivity index (χ0n) is 22.5. The Balaban J connectivity index is 1.22.